The third-order valence-corrected chi connectivity index (χ3v) is 13.3. The maximum absolute atomic E-state index is 11.8. The average molecular weight is 1060 g/mol. The Labute approximate surface area is 406 Å². The molecule has 7 fully saturated rings. The first-order chi connectivity index (χ1) is 34.0. The summed E-state index contributed by atoms with van der Waals surface area (Å²) in [4.78, 5) is 0. The molecule has 0 aromatic rings. The predicted octanol–water partition coefficient (Wildman–Crippen LogP) is -14.4. The fraction of sp³-hybridized carbons (Fsp3) is 1.00. The van der Waals surface area contributed by atoms with Crippen LogP contribution < -0.4 is 0 Å². The van der Waals surface area contributed by atoms with Crippen molar-refractivity contribution in [2.24, 2.45) is 0 Å². The fourth-order valence-electron chi connectivity index (χ4n) is 8.83. The summed E-state index contributed by atoms with van der Waals surface area (Å²) in [6.07, 6.45) is -60.2. The van der Waals surface area contributed by atoms with Gasteiger partial charge in [-0.25, -0.2) is 0 Å². The standard InChI is InChI=1S/C39H66O33/c40-1-11-18(47)20(49)27(56)36(67-11)72-32-17(46)10(43)4-62-39(32)65-7-14-31(71-37-28(57)21(50)19(48)12(68-37)5-63-34-25(54)15(44)8(41)2-60-34)23(52)29(58)38(69-14)70-30-13(66-33(59)24(53)22(30)51)6-64-35-26(55)16(45)9(42)3-61-35/h8-59H,1-7H2/t8-,9-,10-,11-,12-,13-,14-,15+,16+,17+,18+,19-,20+,21+,22-,23-,24-,25+,26-,27-,28-,29-,30-,31-,32-,33-,34-,35-,36+,37+,38+,39-/m1/s1. The lowest BCUT2D eigenvalue weighted by Crippen LogP contribution is -2.67. The van der Waals surface area contributed by atoms with E-state index in [1.165, 1.54) is 0 Å². The van der Waals surface area contributed by atoms with Crippen LogP contribution in [-0.2, 0) is 61.6 Å². The number of hydrogen-bond acceptors (Lipinski definition) is 33. The monoisotopic (exact) mass is 1060 g/mol. The van der Waals surface area contributed by atoms with Gasteiger partial charge in [0, 0.05) is 0 Å². The van der Waals surface area contributed by atoms with E-state index in [1.807, 2.05) is 0 Å². The maximum atomic E-state index is 11.8. The molecule has 420 valence electrons. The number of rotatable bonds is 16. The minimum Gasteiger partial charge on any atom is -0.394 e. The molecule has 0 aromatic heterocycles. The van der Waals surface area contributed by atoms with Crippen molar-refractivity contribution in [3.63, 3.8) is 0 Å². The summed E-state index contributed by atoms with van der Waals surface area (Å²) in [5.41, 5.74) is 0. The van der Waals surface area contributed by atoms with E-state index in [0.29, 0.717) is 0 Å². The van der Waals surface area contributed by atoms with Gasteiger partial charge in [0.05, 0.1) is 46.2 Å². The molecule has 0 spiro atoms. The number of ether oxygens (including phenoxy) is 13. The van der Waals surface area contributed by atoms with Crippen molar-refractivity contribution in [3.8, 4) is 0 Å². The van der Waals surface area contributed by atoms with Gasteiger partial charge in [0.25, 0.3) is 0 Å². The predicted molar refractivity (Wildman–Crippen MR) is 214 cm³/mol. The Hall–Kier alpha value is -1.32. The lowest BCUT2D eigenvalue weighted by molar-refractivity contribution is -0.388. The lowest BCUT2D eigenvalue weighted by Gasteiger charge is -2.48. The normalized spacial score (nSPS) is 53.8. The van der Waals surface area contributed by atoms with E-state index in [9.17, 15) is 102 Å². The molecule has 7 rings (SSSR count). The molecule has 0 bridgehead atoms. The van der Waals surface area contributed by atoms with Gasteiger partial charge in [-0.2, -0.15) is 0 Å². The van der Waals surface area contributed by atoms with Gasteiger partial charge in [-0.05, 0) is 0 Å². The topological polar surface area (TPSA) is 525 Å². The molecule has 7 saturated heterocycles. The molecule has 7 heterocycles. The van der Waals surface area contributed by atoms with Crippen LogP contribution in [-0.4, -0.2) is 345 Å². The summed E-state index contributed by atoms with van der Waals surface area (Å²) in [6.45, 7) is -4.96. The SMILES string of the molecule is OC[C@H]1O[C@@H](O[C@H]2[C@@H](OC[C@H]3O[C@@H](O[C@H]4[C@H](O)[C@@H](O)[C@H](O)O[C@@H]4CO[C@H]4OC[C@@H](O)[C@H](O)[C@H]4O)[C@H](O)[C@@H](O)[C@@H]3O[C@@H]3O[C@H](CO[C@H]4OC[C@@H](O)[C@H](O)[C@@H]4O)[C@@H](O)[C@H](O)[C@H]3O)OC[C@@H](O)[C@@H]2O)[C@H](O)[C@@H](O)[C@H]1O. The summed E-state index contributed by atoms with van der Waals surface area (Å²) in [6, 6.07) is 0. The van der Waals surface area contributed by atoms with Gasteiger partial charge in [0.1, 0.15) is 153 Å². The van der Waals surface area contributed by atoms with Crippen molar-refractivity contribution in [1.29, 1.82) is 0 Å². The van der Waals surface area contributed by atoms with E-state index in [2.05, 4.69) is 0 Å². The van der Waals surface area contributed by atoms with Crippen molar-refractivity contribution < 1.29 is 164 Å². The van der Waals surface area contributed by atoms with Crippen LogP contribution in [0.25, 0.3) is 0 Å². The Morgan fingerprint density at radius 2 is 0.639 bits per heavy atom. The van der Waals surface area contributed by atoms with Crippen LogP contribution in [0.5, 0.6) is 0 Å². The molecule has 0 aromatic carbocycles. The number of hydrogen-bond donors (Lipinski definition) is 20. The second kappa shape index (κ2) is 25.0. The highest BCUT2D eigenvalue weighted by Crippen LogP contribution is 2.35. The summed E-state index contributed by atoms with van der Waals surface area (Å²) in [5.74, 6) is 0. The summed E-state index contributed by atoms with van der Waals surface area (Å²) in [7, 11) is 0. The second-order valence-corrected chi connectivity index (χ2v) is 18.3. The highest BCUT2D eigenvalue weighted by atomic mass is 16.8. The Bertz CT molecular complexity index is 1660. The third-order valence-electron chi connectivity index (χ3n) is 13.3. The van der Waals surface area contributed by atoms with E-state index >= 15 is 0 Å². The minimum atomic E-state index is -2.28. The molecule has 7 aliphatic rings. The maximum Gasteiger partial charge on any atom is 0.187 e. The Morgan fingerprint density at radius 3 is 1.14 bits per heavy atom. The fourth-order valence-corrected chi connectivity index (χ4v) is 8.83. The molecule has 0 amide bonds. The van der Waals surface area contributed by atoms with Gasteiger partial charge in [-0.1, -0.05) is 0 Å². The molecule has 33 heteroatoms. The van der Waals surface area contributed by atoms with Crippen molar-refractivity contribution in [3.05, 3.63) is 0 Å². The molecule has 7 aliphatic heterocycles. The van der Waals surface area contributed by atoms with Gasteiger partial charge in [0.2, 0.25) is 0 Å². The molecule has 32 atom stereocenters. The van der Waals surface area contributed by atoms with E-state index in [0.717, 1.165) is 0 Å². The Morgan fingerprint density at radius 1 is 0.292 bits per heavy atom. The first kappa shape index (κ1) is 58.4. The van der Waals surface area contributed by atoms with Crippen molar-refractivity contribution in [2.45, 2.75) is 197 Å². The lowest BCUT2D eigenvalue weighted by atomic mass is 9.96. The quantitative estimate of drug-likeness (QED) is 0.0682. The average Bonchev–Trinajstić information content (AvgIpc) is 3.36. The first-order valence-electron chi connectivity index (χ1n) is 22.9. The number of aliphatic hydroxyl groups excluding tert-OH is 20. The first-order valence-corrected chi connectivity index (χ1v) is 22.9. The molecule has 0 radical (unpaired) electrons. The van der Waals surface area contributed by atoms with Crippen LogP contribution in [0, 0.1) is 0 Å². The van der Waals surface area contributed by atoms with Crippen LogP contribution in [0.15, 0.2) is 0 Å². The van der Waals surface area contributed by atoms with Gasteiger partial charge in [0.15, 0.2) is 44.0 Å². The van der Waals surface area contributed by atoms with E-state index in [1.54, 1.807) is 0 Å². The zero-order chi connectivity index (χ0) is 52.6. The van der Waals surface area contributed by atoms with Crippen LogP contribution in [0.3, 0.4) is 0 Å². The van der Waals surface area contributed by atoms with Crippen LogP contribution in [0.2, 0.25) is 0 Å². The number of aliphatic hydroxyl groups is 20. The minimum absolute atomic E-state index is 0.480. The van der Waals surface area contributed by atoms with Crippen LogP contribution >= 0.6 is 0 Å². The Balaban J connectivity index is 1.12. The van der Waals surface area contributed by atoms with Gasteiger partial charge >= 0.3 is 0 Å². The second-order valence-electron chi connectivity index (χ2n) is 18.3. The smallest absolute Gasteiger partial charge is 0.187 e. The van der Waals surface area contributed by atoms with Gasteiger partial charge < -0.3 is 164 Å². The highest BCUT2D eigenvalue weighted by Gasteiger charge is 2.56. The molecule has 33 nitrogen and oxygen atoms in total. The molecular formula is C39H66O33. The zero-order valence-electron chi connectivity index (χ0n) is 37.7. The molecular weight excluding hydrogens is 996 g/mol. The third kappa shape index (κ3) is 12.5. The molecule has 72 heavy (non-hydrogen) atoms. The van der Waals surface area contributed by atoms with E-state index < -0.39 is 243 Å². The molecule has 0 aliphatic carbocycles. The zero-order valence-corrected chi connectivity index (χ0v) is 37.7. The summed E-state index contributed by atoms with van der Waals surface area (Å²) >= 11 is 0. The summed E-state index contributed by atoms with van der Waals surface area (Å²) < 4.78 is 72.7. The largest absolute Gasteiger partial charge is 0.394 e. The van der Waals surface area contributed by atoms with Crippen LogP contribution in [0.4, 0.5) is 0 Å². The molecule has 20 N–H and O–H groups in total. The van der Waals surface area contributed by atoms with Crippen LogP contribution in [0.1, 0.15) is 0 Å². The van der Waals surface area contributed by atoms with Gasteiger partial charge in [-0.3, -0.25) is 0 Å². The molecule has 0 unspecified atom stereocenters. The van der Waals surface area contributed by atoms with E-state index in [-0.39, 0.29) is 0 Å². The van der Waals surface area contributed by atoms with Crippen molar-refractivity contribution in [2.75, 3.05) is 46.2 Å². The molecule has 0 saturated carbocycles. The van der Waals surface area contributed by atoms with Crippen molar-refractivity contribution in [1.82, 2.24) is 0 Å². The summed E-state index contributed by atoms with van der Waals surface area (Å²) in [5, 5.41) is 211. The van der Waals surface area contributed by atoms with Crippen molar-refractivity contribution >= 4 is 0 Å². The van der Waals surface area contributed by atoms with Gasteiger partial charge in [-0.15, -0.1) is 0 Å². The Kier molecular flexibility index (Phi) is 20.3. The van der Waals surface area contributed by atoms with E-state index in [4.69, 9.17) is 61.6 Å². The highest BCUT2D eigenvalue weighted by molar-refractivity contribution is 4.98.